The van der Waals surface area contributed by atoms with Crippen molar-refractivity contribution in [2.45, 2.75) is 427 Å². The van der Waals surface area contributed by atoms with Crippen molar-refractivity contribution in [3.63, 3.8) is 0 Å². The van der Waals surface area contributed by atoms with Gasteiger partial charge >= 0.3 is 0 Å². The molecule has 0 spiro atoms. The molecule has 0 amide bonds. The smallest absolute Gasteiger partial charge is 0.213 e. The second-order valence-electron chi connectivity index (χ2n) is 30.8. The molecule has 0 atom stereocenters. The van der Waals surface area contributed by atoms with E-state index in [1.165, 1.54) is 308 Å². The Bertz CT molecular complexity index is 2490. The molecule has 0 radical (unpaired) electrons. The highest BCUT2D eigenvalue weighted by Gasteiger charge is 2.20. The van der Waals surface area contributed by atoms with Crippen LogP contribution < -0.4 is 28.4 Å². The molecule has 0 N–H and O–H groups in total. The van der Waals surface area contributed by atoms with Crippen molar-refractivity contribution in [1.82, 2.24) is 14.8 Å². The summed E-state index contributed by atoms with van der Waals surface area (Å²) in [5, 5.41) is 9.58. The zero-order valence-electron chi connectivity index (χ0n) is 69.2. The maximum absolute atomic E-state index is 6.81. The molecule has 0 aliphatic rings. The van der Waals surface area contributed by atoms with Crippen molar-refractivity contribution in [1.29, 1.82) is 0 Å². The Morgan fingerprint density at radius 1 is 0.229 bits per heavy atom. The lowest BCUT2D eigenvalue weighted by Gasteiger charge is -2.18. The second kappa shape index (κ2) is 68.0. The SMILES string of the molecule is CCCCCCCCCCCCOc1cc(C#Cc2nnc(C#Cc3cc(OCCCCCCCCCCCC)c(OCCCCCCCCCCCC)c(OCCCCCCCCCCCC)c3)n2-c2ccccc2)cc(OCCCCCCCCCCCC)c1OCCCCCCCCCCCC. The number of aromatic nitrogens is 3. The van der Waals surface area contributed by atoms with Crippen LogP contribution in [0.2, 0.25) is 0 Å². The molecule has 105 heavy (non-hydrogen) atoms. The summed E-state index contributed by atoms with van der Waals surface area (Å²) in [5.41, 5.74) is 2.43. The molecular weight excluding hydrogens is 1290 g/mol. The number of ether oxygens (including phenoxy) is 6. The molecule has 0 bridgehead atoms. The van der Waals surface area contributed by atoms with Gasteiger partial charge in [-0.25, -0.2) is 0 Å². The van der Waals surface area contributed by atoms with Crippen molar-refractivity contribution in [2.75, 3.05) is 39.6 Å². The second-order valence-corrected chi connectivity index (χ2v) is 30.8. The monoisotopic (exact) mass is 1450 g/mol. The van der Waals surface area contributed by atoms with Crippen LogP contribution in [0.3, 0.4) is 0 Å². The summed E-state index contributed by atoms with van der Waals surface area (Å²) in [5.74, 6) is 19.2. The van der Waals surface area contributed by atoms with Gasteiger partial charge in [0.2, 0.25) is 23.1 Å². The van der Waals surface area contributed by atoms with E-state index >= 15 is 0 Å². The van der Waals surface area contributed by atoms with Crippen LogP contribution in [0.4, 0.5) is 0 Å². The lowest BCUT2D eigenvalue weighted by atomic mass is 10.1. The number of para-hydroxylation sites is 1. The lowest BCUT2D eigenvalue weighted by molar-refractivity contribution is 0.234. The maximum Gasteiger partial charge on any atom is 0.213 e. The van der Waals surface area contributed by atoms with Gasteiger partial charge in [0.05, 0.1) is 45.3 Å². The Morgan fingerprint density at radius 2 is 0.419 bits per heavy atom. The maximum atomic E-state index is 6.81. The first kappa shape index (κ1) is 92.1. The van der Waals surface area contributed by atoms with E-state index in [9.17, 15) is 0 Å². The van der Waals surface area contributed by atoms with Gasteiger partial charge in [-0.2, -0.15) is 0 Å². The van der Waals surface area contributed by atoms with Gasteiger partial charge < -0.3 is 28.4 Å². The van der Waals surface area contributed by atoms with E-state index in [-0.39, 0.29) is 0 Å². The molecule has 0 aliphatic heterocycles. The quantitative estimate of drug-likeness (QED) is 0.0319. The van der Waals surface area contributed by atoms with Crippen LogP contribution in [0.5, 0.6) is 34.5 Å². The Hall–Kier alpha value is -5.28. The minimum atomic E-state index is 0.490. The average Bonchev–Trinajstić information content (AvgIpc) is 1.74. The molecule has 0 unspecified atom stereocenters. The van der Waals surface area contributed by atoms with Crippen LogP contribution in [0, 0.1) is 23.7 Å². The van der Waals surface area contributed by atoms with Gasteiger partial charge in [-0.3, -0.25) is 4.57 Å². The number of unbranched alkanes of at least 4 members (excludes halogenated alkanes) is 54. The number of hydrogen-bond acceptors (Lipinski definition) is 8. The number of nitrogens with zero attached hydrogens (tertiary/aromatic N) is 3. The van der Waals surface area contributed by atoms with Gasteiger partial charge in [0.15, 0.2) is 23.0 Å². The third kappa shape index (κ3) is 47.3. The summed E-state index contributed by atoms with van der Waals surface area (Å²) >= 11 is 0. The molecule has 4 aromatic rings. The first-order valence-electron chi connectivity index (χ1n) is 45.2. The third-order valence-electron chi connectivity index (χ3n) is 20.9. The summed E-state index contributed by atoms with van der Waals surface area (Å²) in [7, 11) is 0. The predicted octanol–water partition coefficient (Wildman–Crippen LogP) is 29.9. The number of hydrogen-bond donors (Lipinski definition) is 0. The molecule has 0 aliphatic carbocycles. The summed E-state index contributed by atoms with van der Waals surface area (Å²) < 4.78 is 42.9. The van der Waals surface area contributed by atoms with Gasteiger partial charge in [0, 0.05) is 11.1 Å². The summed E-state index contributed by atoms with van der Waals surface area (Å²) in [4.78, 5) is 0. The molecule has 4 rings (SSSR count). The van der Waals surface area contributed by atoms with Crippen molar-refractivity contribution >= 4 is 0 Å². The Morgan fingerprint density at radius 3 is 0.629 bits per heavy atom. The van der Waals surface area contributed by atoms with Crippen LogP contribution in [-0.2, 0) is 0 Å². The topological polar surface area (TPSA) is 86.1 Å². The average molecular weight is 1450 g/mol. The van der Waals surface area contributed by atoms with Crippen molar-refractivity contribution in [3.05, 3.63) is 77.4 Å². The Kier molecular flexibility index (Phi) is 59.7. The van der Waals surface area contributed by atoms with E-state index in [0.717, 1.165) is 93.9 Å². The van der Waals surface area contributed by atoms with Crippen LogP contribution in [0.25, 0.3) is 5.69 Å². The minimum Gasteiger partial charge on any atom is -0.490 e. The fourth-order valence-electron chi connectivity index (χ4n) is 14.1. The standard InChI is InChI=1S/C96H159N3O6/c1-7-13-19-25-31-37-43-49-55-64-76-100-89-82-86(83-90(101-77-65-56-50-44-38-32-26-20-14-8-2)95(89)104-80-68-59-53-47-41-35-29-23-17-11-5)72-74-93-97-98-94(99(93)88-70-62-61-63-71-88)75-73-87-84-91(102-78-66-57-51-45-39-33-27-21-15-9-3)96(105-81-69-60-54-48-42-36-30-24-18-12-6)92(85-87)103-79-67-58-52-46-40-34-28-22-16-10-4/h61-63,70-71,82-85H,7-60,64-69,76-81H2,1-6H3. The zero-order valence-corrected chi connectivity index (χ0v) is 69.2. The normalized spacial score (nSPS) is 11.2. The molecular formula is C96H159N3O6. The van der Waals surface area contributed by atoms with Gasteiger partial charge in [0.1, 0.15) is 0 Å². The fraction of sp³-hybridized carbons (Fsp3) is 0.750. The molecule has 0 saturated carbocycles. The minimum absolute atomic E-state index is 0.490. The molecule has 1 heterocycles. The van der Waals surface area contributed by atoms with E-state index in [0.29, 0.717) is 85.8 Å². The van der Waals surface area contributed by atoms with Gasteiger partial charge in [-0.1, -0.05) is 418 Å². The molecule has 3 aromatic carbocycles. The first-order valence-corrected chi connectivity index (χ1v) is 45.2. The van der Waals surface area contributed by atoms with E-state index < -0.39 is 0 Å². The summed E-state index contributed by atoms with van der Waals surface area (Å²) in [6.45, 7) is 17.5. The molecule has 0 saturated heterocycles. The van der Waals surface area contributed by atoms with Crippen LogP contribution in [0.15, 0.2) is 54.6 Å². The molecule has 9 nitrogen and oxygen atoms in total. The predicted molar refractivity (Wildman–Crippen MR) is 450 cm³/mol. The van der Waals surface area contributed by atoms with E-state index in [1.807, 2.05) is 22.8 Å². The molecule has 1 aromatic heterocycles. The van der Waals surface area contributed by atoms with E-state index in [2.05, 4.69) is 102 Å². The molecule has 9 heteroatoms. The van der Waals surface area contributed by atoms with Crippen LogP contribution >= 0.6 is 0 Å². The van der Waals surface area contributed by atoms with Gasteiger partial charge in [-0.15, -0.1) is 10.2 Å². The van der Waals surface area contributed by atoms with Crippen molar-refractivity contribution in [2.24, 2.45) is 0 Å². The zero-order chi connectivity index (χ0) is 74.4. The Labute approximate surface area is 647 Å². The highest BCUT2D eigenvalue weighted by molar-refractivity contribution is 5.60. The van der Waals surface area contributed by atoms with E-state index in [1.54, 1.807) is 0 Å². The number of rotatable bonds is 73. The van der Waals surface area contributed by atoms with Crippen molar-refractivity contribution in [3.8, 4) is 63.9 Å². The van der Waals surface area contributed by atoms with E-state index in [4.69, 9.17) is 38.6 Å². The van der Waals surface area contributed by atoms with Crippen molar-refractivity contribution < 1.29 is 28.4 Å². The summed E-state index contributed by atoms with van der Waals surface area (Å²) in [6, 6.07) is 18.5. The van der Waals surface area contributed by atoms with Gasteiger partial charge in [0.25, 0.3) is 0 Å². The lowest BCUT2D eigenvalue weighted by Crippen LogP contribution is -2.07. The third-order valence-corrected chi connectivity index (χ3v) is 20.9. The first-order chi connectivity index (χ1) is 52.1. The largest absolute Gasteiger partial charge is 0.490 e. The van der Waals surface area contributed by atoms with Gasteiger partial charge in [-0.05, 0) is 86.8 Å². The highest BCUT2D eigenvalue weighted by atomic mass is 16.5. The van der Waals surface area contributed by atoms with Crippen LogP contribution in [0.1, 0.15) is 450 Å². The highest BCUT2D eigenvalue weighted by Crippen LogP contribution is 2.41. The fourth-order valence-corrected chi connectivity index (χ4v) is 14.1. The molecule has 0 fully saturated rings. The Balaban J connectivity index is 1.71. The summed E-state index contributed by atoms with van der Waals surface area (Å²) in [6.07, 6.45) is 76.3. The van der Waals surface area contributed by atoms with Crippen LogP contribution in [-0.4, -0.2) is 54.4 Å². The number of benzene rings is 3. The molecule has 594 valence electrons.